The average Bonchev–Trinajstić information content (AvgIpc) is 2.41. The highest BCUT2D eigenvalue weighted by Gasteiger charge is 2.20. The number of hydrogen-bond donors (Lipinski definition) is 2. The van der Waals surface area contributed by atoms with Crippen molar-refractivity contribution >= 4 is 35.1 Å². The van der Waals surface area contributed by atoms with Crippen molar-refractivity contribution in [3.05, 3.63) is 33.8 Å². The van der Waals surface area contributed by atoms with Crippen LogP contribution in [0.4, 0.5) is 0 Å². The molecule has 7 heteroatoms. The standard InChI is InChI=1S/C15H19Cl2NO4/c1-2-22-5-3-4-14(19)18-13(15(20)21)8-10-6-11(16)9-12(17)7-10/h6-7,9,13H,2-5,8H2,1H3,(H,18,19)(H,20,21). The van der Waals surface area contributed by atoms with E-state index in [1.54, 1.807) is 18.2 Å². The van der Waals surface area contributed by atoms with Gasteiger partial charge in [0, 0.05) is 36.1 Å². The Labute approximate surface area is 139 Å². The van der Waals surface area contributed by atoms with Crippen LogP contribution < -0.4 is 5.32 Å². The van der Waals surface area contributed by atoms with E-state index >= 15 is 0 Å². The fraction of sp³-hybridized carbons (Fsp3) is 0.467. The lowest BCUT2D eigenvalue weighted by Crippen LogP contribution is -2.42. The predicted octanol–water partition coefficient (Wildman–Crippen LogP) is 2.92. The summed E-state index contributed by atoms with van der Waals surface area (Å²) in [4.78, 5) is 23.0. The highest BCUT2D eigenvalue weighted by atomic mass is 35.5. The van der Waals surface area contributed by atoms with Gasteiger partial charge in [-0.15, -0.1) is 0 Å². The summed E-state index contributed by atoms with van der Waals surface area (Å²) in [6.07, 6.45) is 0.891. The topological polar surface area (TPSA) is 75.6 Å². The number of carboxylic acid groups (broad SMARTS) is 1. The van der Waals surface area contributed by atoms with Crippen molar-refractivity contribution in [1.82, 2.24) is 5.32 Å². The monoisotopic (exact) mass is 347 g/mol. The molecule has 2 N–H and O–H groups in total. The van der Waals surface area contributed by atoms with E-state index in [9.17, 15) is 14.7 Å². The minimum Gasteiger partial charge on any atom is -0.480 e. The summed E-state index contributed by atoms with van der Waals surface area (Å²) in [6.45, 7) is 2.94. The summed E-state index contributed by atoms with van der Waals surface area (Å²) < 4.78 is 5.13. The van der Waals surface area contributed by atoms with Crippen LogP contribution in [0.5, 0.6) is 0 Å². The number of carbonyl (C=O) groups excluding carboxylic acids is 1. The average molecular weight is 348 g/mol. The molecule has 0 aliphatic carbocycles. The number of benzene rings is 1. The lowest BCUT2D eigenvalue weighted by atomic mass is 10.1. The van der Waals surface area contributed by atoms with E-state index in [0.29, 0.717) is 35.2 Å². The van der Waals surface area contributed by atoms with Crippen molar-refractivity contribution in [2.45, 2.75) is 32.2 Å². The van der Waals surface area contributed by atoms with Gasteiger partial charge in [-0.25, -0.2) is 4.79 Å². The van der Waals surface area contributed by atoms with Gasteiger partial charge in [-0.2, -0.15) is 0 Å². The molecule has 1 aromatic carbocycles. The molecule has 0 aliphatic heterocycles. The first kappa shape index (κ1) is 18.7. The quantitative estimate of drug-likeness (QED) is 0.673. The van der Waals surface area contributed by atoms with Gasteiger partial charge in [-0.3, -0.25) is 4.79 Å². The second kappa shape index (κ2) is 9.66. The Bertz CT molecular complexity index is 502. The zero-order valence-corrected chi connectivity index (χ0v) is 13.8. The largest absolute Gasteiger partial charge is 0.480 e. The Morgan fingerprint density at radius 2 is 1.91 bits per heavy atom. The lowest BCUT2D eigenvalue weighted by molar-refractivity contribution is -0.141. The summed E-state index contributed by atoms with van der Waals surface area (Å²) in [5.74, 6) is -1.42. The van der Waals surface area contributed by atoms with Gasteiger partial charge in [-0.1, -0.05) is 23.2 Å². The number of rotatable bonds is 9. The molecule has 1 atom stereocenters. The third kappa shape index (κ3) is 7.11. The summed E-state index contributed by atoms with van der Waals surface area (Å²) in [5, 5.41) is 12.6. The van der Waals surface area contributed by atoms with Crippen LogP contribution in [0.2, 0.25) is 10.0 Å². The number of aliphatic carboxylic acids is 1. The van der Waals surface area contributed by atoms with Gasteiger partial charge < -0.3 is 15.2 Å². The van der Waals surface area contributed by atoms with Crippen LogP contribution in [0.25, 0.3) is 0 Å². The number of ether oxygens (including phenoxy) is 1. The van der Waals surface area contributed by atoms with Crippen molar-refractivity contribution in [3.63, 3.8) is 0 Å². The molecule has 22 heavy (non-hydrogen) atoms. The molecule has 0 saturated heterocycles. The molecule has 1 aromatic rings. The van der Waals surface area contributed by atoms with Crippen LogP contribution in [-0.4, -0.2) is 36.2 Å². The number of hydrogen-bond acceptors (Lipinski definition) is 3. The first-order valence-corrected chi connectivity index (χ1v) is 7.72. The first-order valence-electron chi connectivity index (χ1n) is 6.97. The van der Waals surface area contributed by atoms with Crippen LogP contribution in [0, 0.1) is 0 Å². The second-order valence-electron chi connectivity index (χ2n) is 4.74. The van der Waals surface area contributed by atoms with Gasteiger partial charge in [-0.05, 0) is 37.1 Å². The van der Waals surface area contributed by atoms with Gasteiger partial charge >= 0.3 is 5.97 Å². The molecule has 5 nitrogen and oxygen atoms in total. The summed E-state index contributed by atoms with van der Waals surface area (Å²) in [7, 11) is 0. The molecular formula is C15H19Cl2NO4. The second-order valence-corrected chi connectivity index (χ2v) is 5.61. The Morgan fingerprint density at radius 1 is 1.27 bits per heavy atom. The Hall–Kier alpha value is -1.30. The molecule has 1 unspecified atom stereocenters. The van der Waals surface area contributed by atoms with E-state index in [1.165, 1.54) is 0 Å². The van der Waals surface area contributed by atoms with Crippen molar-refractivity contribution < 1.29 is 19.4 Å². The fourth-order valence-corrected chi connectivity index (χ4v) is 2.48. The normalized spacial score (nSPS) is 12.0. The Balaban J connectivity index is 2.58. The van der Waals surface area contributed by atoms with E-state index in [0.717, 1.165) is 0 Å². The highest BCUT2D eigenvalue weighted by Crippen LogP contribution is 2.20. The van der Waals surface area contributed by atoms with Gasteiger partial charge in [0.2, 0.25) is 5.91 Å². The van der Waals surface area contributed by atoms with Gasteiger partial charge in [0.1, 0.15) is 6.04 Å². The molecule has 122 valence electrons. The molecule has 0 fully saturated rings. The summed E-state index contributed by atoms with van der Waals surface area (Å²) >= 11 is 11.8. The number of halogens is 2. The van der Waals surface area contributed by atoms with Gasteiger partial charge in [0.25, 0.3) is 0 Å². The maximum absolute atomic E-state index is 11.8. The Morgan fingerprint density at radius 3 is 2.45 bits per heavy atom. The van der Waals surface area contributed by atoms with E-state index < -0.39 is 12.0 Å². The summed E-state index contributed by atoms with van der Waals surface area (Å²) in [5.41, 5.74) is 0.652. The van der Waals surface area contributed by atoms with Crippen molar-refractivity contribution in [2.24, 2.45) is 0 Å². The summed E-state index contributed by atoms with van der Waals surface area (Å²) in [6, 6.07) is 3.80. The van der Waals surface area contributed by atoms with Crippen LogP contribution in [0.3, 0.4) is 0 Å². The third-order valence-electron chi connectivity index (χ3n) is 2.89. The van der Waals surface area contributed by atoms with Crippen molar-refractivity contribution in [2.75, 3.05) is 13.2 Å². The predicted molar refractivity (Wildman–Crippen MR) is 85.5 cm³/mol. The number of carbonyl (C=O) groups is 2. The van der Waals surface area contributed by atoms with Crippen molar-refractivity contribution in [1.29, 1.82) is 0 Å². The maximum Gasteiger partial charge on any atom is 0.326 e. The molecule has 0 aromatic heterocycles. The number of carboxylic acids is 1. The minimum atomic E-state index is -1.10. The maximum atomic E-state index is 11.8. The third-order valence-corrected chi connectivity index (χ3v) is 3.33. The zero-order valence-electron chi connectivity index (χ0n) is 12.3. The smallest absolute Gasteiger partial charge is 0.326 e. The molecule has 0 heterocycles. The number of amides is 1. The first-order chi connectivity index (χ1) is 10.4. The molecule has 1 rings (SSSR count). The molecule has 1 amide bonds. The van der Waals surface area contributed by atoms with Gasteiger partial charge in [0.05, 0.1) is 0 Å². The minimum absolute atomic E-state index is 0.118. The molecule has 0 aliphatic rings. The van der Waals surface area contributed by atoms with Crippen LogP contribution in [0.1, 0.15) is 25.3 Å². The van der Waals surface area contributed by atoms with Crippen molar-refractivity contribution in [3.8, 4) is 0 Å². The van der Waals surface area contributed by atoms with E-state index in [1.807, 2.05) is 6.92 Å². The highest BCUT2D eigenvalue weighted by molar-refractivity contribution is 6.34. The molecule has 0 saturated carbocycles. The van der Waals surface area contributed by atoms with Crippen LogP contribution in [-0.2, 0) is 20.7 Å². The molecule has 0 radical (unpaired) electrons. The van der Waals surface area contributed by atoms with E-state index in [2.05, 4.69) is 5.32 Å². The molecule has 0 spiro atoms. The number of nitrogens with one attached hydrogen (secondary N) is 1. The lowest BCUT2D eigenvalue weighted by Gasteiger charge is -2.15. The van der Waals surface area contributed by atoms with Gasteiger partial charge in [0.15, 0.2) is 0 Å². The zero-order chi connectivity index (χ0) is 16.5. The van der Waals surface area contributed by atoms with E-state index in [4.69, 9.17) is 27.9 Å². The fourth-order valence-electron chi connectivity index (χ4n) is 1.91. The Kier molecular flexibility index (Phi) is 8.24. The SMILES string of the molecule is CCOCCCC(=O)NC(Cc1cc(Cl)cc(Cl)c1)C(=O)O. The van der Waals surface area contributed by atoms with Crippen LogP contribution in [0.15, 0.2) is 18.2 Å². The van der Waals surface area contributed by atoms with Crippen LogP contribution >= 0.6 is 23.2 Å². The van der Waals surface area contributed by atoms with E-state index in [-0.39, 0.29) is 18.7 Å². The molecular weight excluding hydrogens is 329 g/mol. The molecule has 0 bridgehead atoms.